The Kier molecular flexibility index (Phi) is 3.20. The molecule has 0 amide bonds. The maximum atomic E-state index is 5.36. The molecule has 0 atom stereocenters. The van der Waals surface area contributed by atoms with Crippen molar-refractivity contribution in [3.05, 3.63) is 23.8 Å². The lowest BCUT2D eigenvalue weighted by atomic mass is 10.1. The highest BCUT2D eigenvalue weighted by atomic mass is 14.5. The van der Waals surface area contributed by atoms with E-state index in [4.69, 9.17) is 5.73 Å². The maximum Gasteiger partial charge on any atom is 0.0177 e. The van der Waals surface area contributed by atoms with Gasteiger partial charge in [-0.3, -0.25) is 0 Å². The van der Waals surface area contributed by atoms with Crippen LogP contribution in [0.5, 0.6) is 0 Å². The molecule has 0 aromatic heterocycles. The van der Waals surface area contributed by atoms with Crippen molar-refractivity contribution in [2.24, 2.45) is 5.73 Å². The zero-order valence-corrected chi connectivity index (χ0v) is 5.57. The number of rotatable bonds is 2. The Morgan fingerprint density at radius 2 is 2.25 bits per heavy atom. The Morgan fingerprint density at radius 1 is 1.75 bits per heavy atom. The minimum atomic E-state index is 0.603. The Labute approximate surface area is 50.9 Å². The van der Waals surface area contributed by atoms with Gasteiger partial charge in [-0.25, -0.2) is 0 Å². The molecule has 0 aromatic carbocycles. The van der Waals surface area contributed by atoms with E-state index in [0.29, 0.717) is 6.54 Å². The summed E-state index contributed by atoms with van der Waals surface area (Å²) in [6.07, 6.45) is 1.99. The van der Waals surface area contributed by atoms with Crippen LogP contribution in [0.2, 0.25) is 0 Å². The summed E-state index contributed by atoms with van der Waals surface area (Å²) in [5, 5.41) is 0. The fourth-order valence-electron chi connectivity index (χ4n) is 0.538. The molecule has 0 aromatic rings. The lowest BCUT2D eigenvalue weighted by Gasteiger charge is -1.98. The minimum Gasteiger partial charge on any atom is -0.326 e. The Morgan fingerprint density at radius 3 is 2.25 bits per heavy atom. The first-order chi connectivity index (χ1) is 3.72. The summed E-state index contributed by atoms with van der Waals surface area (Å²) in [7, 11) is 0. The van der Waals surface area contributed by atoms with Crippen molar-refractivity contribution in [3.8, 4) is 0 Å². The van der Waals surface area contributed by atoms with Gasteiger partial charge in [0, 0.05) is 6.54 Å². The van der Waals surface area contributed by atoms with E-state index in [-0.39, 0.29) is 0 Å². The molecule has 0 aliphatic rings. The summed E-state index contributed by atoms with van der Waals surface area (Å²) >= 11 is 0. The quantitative estimate of drug-likeness (QED) is 0.536. The van der Waals surface area contributed by atoms with E-state index in [1.54, 1.807) is 0 Å². The van der Waals surface area contributed by atoms with Crippen molar-refractivity contribution in [1.29, 1.82) is 0 Å². The second-order valence-corrected chi connectivity index (χ2v) is 1.80. The molecule has 2 N–H and O–H groups in total. The minimum absolute atomic E-state index is 0.603. The fraction of sp³-hybridized carbons (Fsp3) is 0.429. The molecular weight excluding hydrogens is 98.1 g/mol. The highest BCUT2D eigenvalue weighted by molar-refractivity contribution is 5.26. The molecule has 0 unspecified atom stereocenters. The van der Waals surface area contributed by atoms with Crippen LogP contribution in [0.3, 0.4) is 0 Å². The van der Waals surface area contributed by atoms with E-state index in [1.165, 1.54) is 0 Å². The third kappa shape index (κ3) is 1.94. The van der Waals surface area contributed by atoms with E-state index >= 15 is 0 Å². The van der Waals surface area contributed by atoms with Gasteiger partial charge in [-0.15, -0.1) is 0 Å². The highest BCUT2D eigenvalue weighted by Crippen LogP contribution is 2.02. The summed E-state index contributed by atoms with van der Waals surface area (Å²) in [6, 6.07) is 0. The SMILES string of the molecule is C=C(C)/C(=C\C)CN. The molecule has 0 bridgehead atoms. The first kappa shape index (κ1) is 7.44. The number of nitrogens with two attached hydrogens (primary N) is 1. The second-order valence-electron chi connectivity index (χ2n) is 1.80. The van der Waals surface area contributed by atoms with Crippen molar-refractivity contribution >= 4 is 0 Å². The molecule has 1 heteroatoms. The van der Waals surface area contributed by atoms with Crippen LogP contribution in [0, 0.1) is 0 Å². The van der Waals surface area contributed by atoms with Crippen LogP contribution in [0.25, 0.3) is 0 Å². The molecule has 46 valence electrons. The van der Waals surface area contributed by atoms with Crippen LogP contribution >= 0.6 is 0 Å². The number of allylic oxidation sites excluding steroid dienone is 1. The van der Waals surface area contributed by atoms with E-state index in [2.05, 4.69) is 6.58 Å². The van der Waals surface area contributed by atoms with E-state index in [9.17, 15) is 0 Å². The average molecular weight is 111 g/mol. The maximum absolute atomic E-state index is 5.36. The lowest BCUT2D eigenvalue weighted by Crippen LogP contribution is -2.02. The molecular formula is C7H13N. The van der Waals surface area contributed by atoms with Gasteiger partial charge in [0.05, 0.1) is 0 Å². The summed E-state index contributed by atoms with van der Waals surface area (Å²) in [5.41, 5.74) is 7.56. The van der Waals surface area contributed by atoms with E-state index < -0.39 is 0 Å². The summed E-state index contributed by atoms with van der Waals surface area (Å²) in [6.45, 7) is 8.28. The topological polar surface area (TPSA) is 26.0 Å². The van der Waals surface area contributed by atoms with Gasteiger partial charge in [0.2, 0.25) is 0 Å². The van der Waals surface area contributed by atoms with Crippen molar-refractivity contribution in [3.63, 3.8) is 0 Å². The van der Waals surface area contributed by atoms with Gasteiger partial charge in [-0.1, -0.05) is 18.2 Å². The highest BCUT2D eigenvalue weighted by Gasteiger charge is 1.88. The summed E-state index contributed by atoms with van der Waals surface area (Å²) in [4.78, 5) is 0. The van der Waals surface area contributed by atoms with Crippen molar-refractivity contribution in [1.82, 2.24) is 0 Å². The standard InChI is InChI=1S/C7H13N/c1-4-7(5-8)6(2)3/h4H,2,5,8H2,1,3H3/b7-4-. The molecule has 0 aliphatic heterocycles. The van der Waals surface area contributed by atoms with Crippen LogP contribution in [0.4, 0.5) is 0 Å². The smallest absolute Gasteiger partial charge is 0.0177 e. The average Bonchev–Trinajstić information content (AvgIpc) is 1.69. The summed E-state index contributed by atoms with van der Waals surface area (Å²) < 4.78 is 0. The van der Waals surface area contributed by atoms with Gasteiger partial charge in [-0.2, -0.15) is 0 Å². The van der Waals surface area contributed by atoms with Crippen molar-refractivity contribution in [2.75, 3.05) is 6.54 Å². The number of hydrogen-bond donors (Lipinski definition) is 1. The predicted molar refractivity (Wildman–Crippen MR) is 37.6 cm³/mol. The lowest BCUT2D eigenvalue weighted by molar-refractivity contribution is 1.14. The van der Waals surface area contributed by atoms with Gasteiger partial charge in [0.15, 0.2) is 0 Å². The van der Waals surface area contributed by atoms with Crippen molar-refractivity contribution < 1.29 is 0 Å². The fourth-order valence-corrected chi connectivity index (χ4v) is 0.538. The molecule has 0 rings (SSSR count). The molecule has 0 fully saturated rings. The third-order valence-corrected chi connectivity index (χ3v) is 1.12. The molecule has 0 saturated carbocycles. The van der Waals surface area contributed by atoms with Crippen molar-refractivity contribution in [2.45, 2.75) is 13.8 Å². The van der Waals surface area contributed by atoms with Gasteiger partial charge in [0.25, 0.3) is 0 Å². The van der Waals surface area contributed by atoms with Gasteiger partial charge >= 0.3 is 0 Å². The normalized spacial score (nSPS) is 11.6. The summed E-state index contributed by atoms with van der Waals surface area (Å²) in [5.74, 6) is 0. The van der Waals surface area contributed by atoms with Crippen LogP contribution < -0.4 is 5.73 Å². The number of hydrogen-bond acceptors (Lipinski definition) is 1. The zero-order valence-electron chi connectivity index (χ0n) is 5.57. The Bertz CT molecular complexity index is 112. The van der Waals surface area contributed by atoms with Gasteiger partial charge < -0.3 is 5.73 Å². The largest absolute Gasteiger partial charge is 0.326 e. The zero-order chi connectivity index (χ0) is 6.57. The monoisotopic (exact) mass is 111 g/mol. The molecule has 0 aliphatic carbocycles. The molecule has 1 nitrogen and oxygen atoms in total. The molecule has 0 spiro atoms. The molecule has 8 heavy (non-hydrogen) atoms. The Hall–Kier alpha value is -0.560. The molecule has 0 heterocycles. The molecule has 0 radical (unpaired) electrons. The van der Waals surface area contributed by atoms with Crippen LogP contribution in [-0.4, -0.2) is 6.54 Å². The molecule has 0 saturated heterocycles. The van der Waals surface area contributed by atoms with Gasteiger partial charge in [0.1, 0.15) is 0 Å². The van der Waals surface area contributed by atoms with Gasteiger partial charge in [-0.05, 0) is 19.4 Å². The van der Waals surface area contributed by atoms with Crippen LogP contribution in [0.15, 0.2) is 23.8 Å². The first-order valence-electron chi connectivity index (χ1n) is 2.73. The van der Waals surface area contributed by atoms with E-state index in [0.717, 1.165) is 11.1 Å². The Balaban J connectivity index is 3.92. The predicted octanol–water partition coefficient (Wildman–Crippen LogP) is 1.47. The first-order valence-corrected chi connectivity index (χ1v) is 2.73. The second kappa shape index (κ2) is 3.44. The van der Waals surface area contributed by atoms with E-state index in [1.807, 2.05) is 19.9 Å². The van der Waals surface area contributed by atoms with Crippen LogP contribution in [0.1, 0.15) is 13.8 Å². The third-order valence-electron chi connectivity index (χ3n) is 1.12. The van der Waals surface area contributed by atoms with Crippen LogP contribution in [-0.2, 0) is 0 Å².